The number of amides is 1. The van der Waals surface area contributed by atoms with Crippen LogP contribution in [0, 0.1) is 5.41 Å². The van der Waals surface area contributed by atoms with Crippen LogP contribution >= 0.6 is 0 Å². The number of aliphatic hydroxyl groups excluding tert-OH is 1. The summed E-state index contributed by atoms with van der Waals surface area (Å²) in [5.41, 5.74) is 4.60. The number of allylic oxidation sites excluding steroid dienone is 1. The maximum atomic E-state index is 11.1. The van der Waals surface area contributed by atoms with E-state index < -0.39 is 6.09 Å². The summed E-state index contributed by atoms with van der Waals surface area (Å²) >= 11 is 0. The number of piperidine rings is 1. The van der Waals surface area contributed by atoms with E-state index in [1.54, 1.807) is 4.90 Å². The molecule has 5 rings (SSSR count). The Balaban J connectivity index is 1.20. The predicted octanol–water partition coefficient (Wildman–Crippen LogP) is 4.33. The number of rotatable bonds is 3. The monoisotopic (exact) mass is 410 g/mol. The van der Waals surface area contributed by atoms with Crippen molar-refractivity contribution in [2.75, 3.05) is 26.2 Å². The highest BCUT2D eigenvalue weighted by atomic mass is 16.4. The molecule has 2 saturated heterocycles. The van der Waals surface area contributed by atoms with Crippen LogP contribution in [0.2, 0.25) is 0 Å². The smallest absolute Gasteiger partial charge is 0.407 e. The highest BCUT2D eigenvalue weighted by Gasteiger charge is 2.50. The summed E-state index contributed by atoms with van der Waals surface area (Å²) in [5.74, 6) is 0.617. The minimum atomic E-state index is -0.758. The van der Waals surface area contributed by atoms with E-state index in [1.165, 1.54) is 48.8 Å². The number of nitrogens with zero attached hydrogens (tertiary/aromatic N) is 2. The summed E-state index contributed by atoms with van der Waals surface area (Å²) < 4.78 is 0. The normalized spacial score (nSPS) is 29.6. The van der Waals surface area contributed by atoms with Gasteiger partial charge in [-0.3, -0.25) is 0 Å². The van der Waals surface area contributed by atoms with Crippen LogP contribution in [-0.2, 0) is 0 Å². The molecule has 3 fully saturated rings. The molecule has 1 aromatic carbocycles. The summed E-state index contributed by atoms with van der Waals surface area (Å²) in [4.78, 5) is 15.4. The molecule has 2 heterocycles. The minimum absolute atomic E-state index is 0.169. The number of carboxylic acid groups (broad SMARTS) is 1. The van der Waals surface area contributed by atoms with E-state index in [-0.39, 0.29) is 11.5 Å². The van der Waals surface area contributed by atoms with Gasteiger partial charge in [0.2, 0.25) is 0 Å². The van der Waals surface area contributed by atoms with Gasteiger partial charge in [0.05, 0.1) is 6.10 Å². The molecule has 2 aliphatic carbocycles. The molecule has 1 unspecified atom stereocenters. The van der Waals surface area contributed by atoms with Crippen molar-refractivity contribution in [3.8, 4) is 0 Å². The molecule has 1 spiro atoms. The fraction of sp³-hybridized carbons (Fsp3) is 0.640. The minimum Gasteiger partial charge on any atom is -0.465 e. The summed E-state index contributed by atoms with van der Waals surface area (Å²) in [6.45, 7) is 3.79. The quantitative estimate of drug-likeness (QED) is 0.779. The Morgan fingerprint density at radius 1 is 1.07 bits per heavy atom. The van der Waals surface area contributed by atoms with Crippen molar-refractivity contribution in [2.24, 2.45) is 5.41 Å². The molecule has 0 radical (unpaired) electrons. The number of benzene rings is 1. The molecule has 1 aromatic rings. The Morgan fingerprint density at radius 2 is 1.83 bits per heavy atom. The molecule has 30 heavy (non-hydrogen) atoms. The van der Waals surface area contributed by atoms with Gasteiger partial charge in [0, 0.05) is 24.5 Å². The summed E-state index contributed by atoms with van der Waals surface area (Å²) in [6, 6.07) is 9.56. The molecular formula is C25H34N2O3. The highest BCUT2D eigenvalue weighted by Crippen LogP contribution is 2.48. The lowest BCUT2D eigenvalue weighted by molar-refractivity contribution is 0.00814. The summed E-state index contributed by atoms with van der Waals surface area (Å²) in [7, 11) is 0. The zero-order valence-electron chi connectivity index (χ0n) is 17.8. The third-order valence-corrected chi connectivity index (χ3v) is 8.18. The van der Waals surface area contributed by atoms with E-state index >= 15 is 0 Å². The van der Waals surface area contributed by atoms with Gasteiger partial charge in [-0.25, -0.2) is 4.79 Å². The lowest BCUT2D eigenvalue weighted by Crippen LogP contribution is -2.57. The molecule has 2 atom stereocenters. The largest absolute Gasteiger partial charge is 0.465 e. The van der Waals surface area contributed by atoms with Crippen LogP contribution in [-0.4, -0.2) is 64.4 Å². The van der Waals surface area contributed by atoms with Crippen LogP contribution in [0.15, 0.2) is 30.3 Å². The predicted molar refractivity (Wildman–Crippen MR) is 117 cm³/mol. The average molecular weight is 411 g/mol. The molecule has 1 amide bonds. The molecule has 0 bridgehead atoms. The van der Waals surface area contributed by atoms with Crippen LogP contribution in [0.5, 0.6) is 0 Å². The summed E-state index contributed by atoms with van der Waals surface area (Å²) in [6.07, 6.45) is 9.96. The number of carbonyl (C=O) groups is 1. The number of likely N-dealkylation sites (tertiary alicyclic amines) is 2. The number of hydrogen-bond acceptors (Lipinski definition) is 3. The molecule has 2 aliphatic heterocycles. The van der Waals surface area contributed by atoms with Gasteiger partial charge >= 0.3 is 6.09 Å². The van der Waals surface area contributed by atoms with Gasteiger partial charge in [-0.05, 0) is 87.1 Å². The first-order valence-corrected chi connectivity index (χ1v) is 11.7. The van der Waals surface area contributed by atoms with Crippen molar-refractivity contribution in [3.05, 3.63) is 41.5 Å². The zero-order valence-corrected chi connectivity index (χ0v) is 17.8. The van der Waals surface area contributed by atoms with Gasteiger partial charge in [-0.2, -0.15) is 0 Å². The van der Waals surface area contributed by atoms with Crippen molar-refractivity contribution in [3.63, 3.8) is 0 Å². The second-order valence-corrected chi connectivity index (χ2v) is 10.1. The zero-order chi connectivity index (χ0) is 20.7. The van der Waals surface area contributed by atoms with Gasteiger partial charge in [-0.1, -0.05) is 30.3 Å². The van der Waals surface area contributed by atoms with Crippen molar-refractivity contribution in [1.82, 2.24) is 9.80 Å². The van der Waals surface area contributed by atoms with E-state index in [0.29, 0.717) is 12.0 Å². The van der Waals surface area contributed by atoms with Crippen LogP contribution in [0.4, 0.5) is 4.79 Å². The third-order valence-electron chi connectivity index (χ3n) is 8.18. The second kappa shape index (κ2) is 8.01. The Morgan fingerprint density at radius 3 is 2.53 bits per heavy atom. The highest BCUT2D eigenvalue weighted by molar-refractivity contribution is 5.69. The summed E-state index contributed by atoms with van der Waals surface area (Å²) in [5, 5.41) is 19.0. The van der Waals surface area contributed by atoms with Gasteiger partial charge in [-0.15, -0.1) is 0 Å². The Hall–Kier alpha value is -1.85. The lowest BCUT2D eigenvalue weighted by atomic mass is 9.78. The van der Waals surface area contributed by atoms with Crippen LogP contribution in [0.1, 0.15) is 68.4 Å². The SMILES string of the molecule is O=C(O)N1CC2(CC[C@@H](N3CCC(c4ccccc4C4=CCC(O)CC4)CC3)C2)C1. The number of hydrogen-bond donors (Lipinski definition) is 2. The molecule has 5 heteroatoms. The topological polar surface area (TPSA) is 64.0 Å². The molecule has 1 saturated carbocycles. The molecule has 5 nitrogen and oxygen atoms in total. The van der Waals surface area contributed by atoms with Crippen LogP contribution < -0.4 is 0 Å². The molecule has 2 N–H and O–H groups in total. The maximum absolute atomic E-state index is 11.1. The Kier molecular flexibility index (Phi) is 5.36. The lowest BCUT2D eigenvalue weighted by Gasteiger charge is -2.47. The number of aliphatic hydroxyl groups is 1. The fourth-order valence-corrected chi connectivity index (χ4v) is 6.46. The molecular weight excluding hydrogens is 376 g/mol. The van der Waals surface area contributed by atoms with Crippen molar-refractivity contribution >= 4 is 11.7 Å². The van der Waals surface area contributed by atoms with Crippen molar-refractivity contribution in [1.29, 1.82) is 0 Å². The first-order chi connectivity index (χ1) is 14.5. The fourth-order valence-electron chi connectivity index (χ4n) is 6.46. The van der Waals surface area contributed by atoms with Crippen LogP contribution in [0.25, 0.3) is 5.57 Å². The molecule has 0 aromatic heterocycles. The van der Waals surface area contributed by atoms with Gasteiger partial charge in [0.1, 0.15) is 0 Å². The molecule has 162 valence electrons. The first-order valence-electron chi connectivity index (χ1n) is 11.7. The first kappa shape index (κ1) is 20.1. The van der Waals surface area contributed by atoms with E-state index in [9.17, 15) is 9.90 Å². The van der Waals surface area contributed by atoms with Gasteiger partial charge in [0.15, 0.2) is 0 Å². The van der Waals surface area contributed by atoms with Crippen LogP contribution in [0.3, 0.4) is 0 Å². The maximum Gasteiger partial charge on any atom is 0.407 e. The second-order valence-electron chi connectivity index (χ2n) is 10.1. The van der Waals surface area contributed by atoms with E-state index in [1.807, 2.05) is 0 Å². The van der Waals surface area contributed by atoms with Gasteiger partial charge < -0.3 is 20.0 Å². The third kappa shape index (κ3) is 3.78. The Labute approximate surface area is 179 Å². The van der Waals surface area contributed by atoms with E-state index in [4.69, 9.17) is 5.11 Å². The Bertz CT molecular complexity index is 821. The average Bonchev–Trinajstić information content (AvgIpc) is 3.19. The van der Waals surface area contributed by atoms with Crippen molar-refractivity contribution in [2.45, 2.75) is 69.4 Å². The standard InChI is InChI=1S/C25H34N2O3/c28-21-7-5-18(6-8-21)22-3-1-2-4-23(22)19-10-13-26(14-11-19)20-9-12-25(15-20)16-27(17-25)24(29)30/h1-5,19-21,28H,6-17H2,(H,29,30)/t20-,21?/m1/s1. The van der Waals surface area contributed by atoms with Crippen molar-refractivity contribution < 1.29 is 15.0 Å². The molecule has 4 aliphatic rings. The van der Waals surface area contributed by atoms with E-state index in [2.05, 4.69) is 35.2 Å². The van der Waals surface area contributed by atoms with E-state index in [0.717, 1.165) is 45.4 Å². The van der Waals surface area contributed by atoms with Gasteiger partial charge in [0.25, 0.3) is 0 Å².